The summed E-state index contributed by atoms with van der Waals surface area (Å²) in [6.45, 7) is 3.61. The second-order valence-corrected chi connectivity index (χ2v) is 6.48. The molecule has 0 aliphatic carbocycles. The number of carbonyl (C=O) groups excluding carboxylic acids is 1. The summed E-state index contributed by atoms with van der Waals surface area (Å²) in [4.78, 5) is 14.2. The fraction of sp³-hybridized carbons (Fsp3) is 0.350. The van der Waals surface area contributed by atoms with Gasteiger partial charge in [0.15, 0.2) is 0 Å². The van der Waals surface area contributed by atoms with Crippen LogP contribution >= 0.6 is 0 Å². The van der Waals surface area contributed by atoms with Gasteiger partial charge in [-0.1, -0.05) is 60.2 Å². The molecule has 1 fully saturated rings. The van der Waals surface area contributed by atoms with Crippen LogP contribution in [-0.4, -0.2) is 23.9 Å². The molecular weight excluding hydrogens is 284 g/mol. The van der Waals surface area contributed by atoms with E-state index in [0.29, 0.717) is 6.42 Å². The monoisotopic (exact) mass is 308 g/mol. The fourth-order valence-electron chi connectivity index (χ4n) is 3.23. The Kier molecular flexibility index (Phi) is 4.77. The van der Waals surface area contributed by atoms with E-state index in [-0.39, 0.29) is 17.9 Å². The van der Waals surface area contributed by atoms with Crippen LogP contribution in [0.3, 0.4) is 0 Å². The third-order valence-electron chi connectivity index (χ3n) is 4.73. The van der Waals surface area contributed by atoms with Crippen LogP contribution in [-0.2, 0) is 11.2 Å². The smallest absolute Gasteiger partial charge is 0.223 e. The molecular formula is C20H24N2O. The minimum absolute atomic E-state index is 0.0683. The molecule has 1 saturated heterocycles. The van der Waals surface area contributed by atoms with Crippen molar-refractivity contribution >= 4 is 5.91 Å². The molecule has 2 atom stereocenters. The molecule has 0 radical (unpaired) electrons. The van der Waals surface area contributed by atoms with Gasteiger partial charge in [-0.15, -0.1) is 0 Å². The van der Waals surface area contributed by atoms with Crippen molar-refractivity contribution in [1.82, 2.24) is 4.90 Å². The maximum absolute atomic E-state index is 12.3. The normalized spacial score (nSPS) is 19.1. The van der Waals surface area contributed by atoms with E-state index < -0.39 is 0 Å². The first kappa shape index (κ1) is 15.8. The number of rotatable bonds is 5. The summed E-state index contributed by atoms with van der Waals surface area (Å²) in [5.74, 6) is 0.439. The molecule has 3 nitrogen and oxygen atoms in total. The number of hydrogen-bond acceptors (Lipinski definition) is 2. The molecule has 0 spiro atoms. The predicted molar refractivity (Wildman–Crippen MR) is 92.9 cm³/mol. The van der Waals surface area contributed by atoms with Gasteiger partial charge in [-0.05, 0) is 24.5 Å². The maximum atomic E-state index is 12.3. The van der Waals surface area contributed by atoms with E-state index >= 15 is 0 Å². The third kappa shape index (κ3) is 3.80. The Bertz CT molecular complexity index is 651. The van der Waals surface area contributed by atoms with Crippen LogP contribution in [0.1, 0.15) is 29.2 Å². The molecule has 120 valence electrons. The van der Waals surface area contributed by atoms with E-state index in [1.165, 1.54) is 11.1 Å². The number of nitrogens with two attached hydrogens (primary N) is 1. The Morgan fingerprint density at radius 3 is 2.52 bits per heavy atom. The molecule has 0 saturated carbocycles. The molecule has 1 heterocycles. The summed E-state index contributed by atoms with van der Waals surface area (Å²) in [5.41, 5.74) is 10.0. The number of nitrogens with zero attached hydrogens (tertiary/aromatic N) is 1. The first-order chi connectivity index (χ1) is 11.1. The van der Waals surface area contributed by atoms with Crippen molar-refractivity contribution in [3.05, 3.63) is 71.3 Å². The van der Waals surface area contributed by atoms with Gasteiger partial charge >= 0.3 is 0 Å². The van der Waals surface area contributed by atoms with Crippen molar-refractivity contribution in [3.63, 3.8) is 0 Å². The van der Waals surface area contributed by atoms with Crippen molar-refractivity contribution in [3.8, 4) is 0 Å². The molecule has 3 rings (SSSR count). The van der Waals surface area contributed by atoms with E-state index in [4.69, 9.17) is 5.73 Å². The summed E-state index contributed by atoms with van der Waals surface area (Å²) in [6, 6.07) is 18.6. The lowest BCUT2D eigenvalue weighted by Gasteiger charge is -2.21. The van der Waals surface area contributed by atoms with Crippen molar-refractivity contribution in [2.75, 3.05) is 13.1 Å². The van der Waals surface area contributed by atoms with Crippen LogP contribution in [0.15, 0.2) is 54.6 Å². The van der Waals surface area contributed by atoms with Crippen LogP contribution in [0.25, 0.3) is 0 Å². The van der Waals surface area contributed by atoms with Gasteiger partial charge in [0.2, 0.25) is 5.91 Å². The van der Waals surface area contributed by atoms with Crippen molar-refractivity contribution < 1.29 is 4.79 Å². The molecule has 1 aliphatic rings. The minimum Gasteiger partial charge on any atom is -0.342 e. The Hall–Kier alpha value is -2.13. The van der Waals surface area contributed by atoms with Crippen molar-refractivity contribution in [1.29, 1.82) is 0 Å². The number of benzene rings is 2. The maximum Gasteiger partial charge on any atom is 0.223 e. The lowest BCUT2D eigenvalue weighted by atomic mass is 9.92. The highest BCUT2D eigenvalue weighted by atomic mass is 16.2. The van der Waals surface area contributed by atoms with E-state index in [2.05, 4.69) is 43.3 Å². The second kappa shape index (κ2) is 6.97. The average molecular weight is 308 g/mol. The molecule has 3 heteroatoms. The van der Waals surface area contributed by atoms with Gasteiger partial charge in [0.1, 0.15) is 0 Å². The summed E-state index contributed by atoms with van der Waals surface area (Å²) in [5, 5.41) is 0. The highest BCUT2D eigenvalue weighted by Crippen LogP contribution is 2.29. The Balaban J connectivity index is 1.59. The summed E-state index contributed by atoms with van der Waals surface area (Å²) in [6.07, 6.45) is 1.46. The lowest BCUT2D eigenvalue weighted by molar-refractivity contribution is -0.127. The first-order valence-electron chi connectivity index (χ1n) is 8.27. The number of aryl methyl sites for hydroxylation is 1. The molecule has 2 unspecified atom stereocenters. The van der Waals surface area contributed by atoms with Gasteiger partial charge in [0.05, 0.1) is 0 Å². The lowest BCUT2D eigenvalue weighted by Crippen LogP contribution is -2.29. The average Bonchev–Trinajstić information content (AvgIpc) is 2.95. The predicted octanol–water partition coefficient (Wildman–Crippen LogP) is 3.09. The van der Waals surface area contributed by atoms with E-state index in [9.17, 15) is 4.79 Å². The highest BCUT2D eigenvalue weighted by Gasteiger charge is 2.33. The largest absolute Gasteiger partial charge is 0.342 e. The zero-order valence-electron chi connectivity index (χ0n) is 13.6. The Labute approximate surface area is 138 Å². The molecule has 0 bridgehead atoms. The topological polar surface area (TPSA) is 46.3 Å². The van der Waals surface area contributed by atoms with Crippen LogP contribution in [0.4, 0.5) is 0 Å². The highest BCUT2D eigenvalue weighted by molar-refractivity contribution is 5.78. The molecule has 1 amide bonds. The SMILES string of the molecule is Cc1ccc(C(N)C2CC(=O)N(CCc3ccccc3)C2)cc1. The van der Waals surface area contributed by atoms with Gasteiger partial charge in [-0.3, -0.25) is 4.79 Å². The van der Waals surface area contributed by atoms with Gasteiger partial charge in [0, 0.05) is 31.5 Å². The van der Waals surface area contributed by atoms with Gasteiger partial charge < -0.3 is 10.6 Å². The quantitative estimate of drug-likeness (QED) is 0.922. The zero-order valence-corrected chi connectivity index (χ0v) is 13.6. The molecule has 0 aromatic heterocycles. The van der Waals surface area contributed by atoms with Crippen molar-refractivity contribution in [2.45, 2.75) is 25.8 Å². The molecule has 2 aromatic rings. The van der Waals surface area contributed by atoms with E-state index in [1.54, 1.807) is 0 Å². The molecule has 1 aliphatic heterocycles. The van der Waals surface area contributed by atoms with Crippen LogP contribution in [0.2, 0.25) is 0 Å². The standard InChI is InChI=1S/C20H24N2O/c1-15-7-9-17(10-8-15)20(21)18-13-19(23)22(14-18)12-11-16-5-3-2-4-6-16/h2-10,18,20H,11-14,21H2,1H3. The number of likely N-dealkylation sites (tertiary alicyclic amines) is 1. The zero-order chi connectivity index (χ0) is 16.2. The number of amides is 1. The molecule has 23 heavy (non-hydrogen) atoms. The van der Waals surface area contributed by atoms with Crippen LogP contribution in [0.5, 0.6) is 0 Å². The molecule has 2 N–H and O–H groups in total. The number of carbonyl (C=O) groups is 1. The van der Waals surface area contributed by atoms with Crippen LogP contribution < -0.4 is 5.73 Å². The summed E-state index contributed by atoms with van der Waals surface area (Å²) in [7, 11) is 0. The molecule has 2 aromatic carbocycles. The van der Waals surface area contributed by atoms with Gasteiger partial charge in [0.25, 0.3) is 0 Å². The minimum atomic E-state index is -0.0683. The Morgan fingerprint density at radius 1 is 1.13 bits per heavy atom. The van der Waals surface area contributed by atoms with Crippen LogP contribution in [0, 0.1) is 12.8 Å². The third-order valence-corrected chi connectivity index (χ3v) is 4.73. The fourth-order valence-corrected chi connectivity index (χ4v) is 3.23. The Morgan fingerprint density at radius 2 is 1.83 bits per heavy atom. The summed E-state index contributed by atoms with van der Waals surface area (Å²) >= 11 is 0. The van der Waals surface area contributed by atoms with E-state index in [1.807, 2.05) is 23.1 Å². The first-order valence-corrected chi connectivity index (χ1v) is 8.27. The van der Waals surface area contributed by atoms with E-state index in [0.717, 1.165) is 25.1 Å². The summed E-state index contributed by atoms with van der Waals surface area (Å²) < 4.78 is 0. The van der Waals surface area contributed by atoms with Gasteiger partial charge in [-0.2, -0.15) is 0 Å². The van der Waals surface area contributed by atoms with Crippen molar-refractivity contribution in [2.24, 2.45) is 11.7 Å². The van der Waals surface area contributed by atoms with Gasteiger partial charge in [-0.25, -0.2) is 0 Å². The number of hydrogen-bond donors (Lipinski definition) is 1. The second-order valence-electron chi connectivity index (χ2n) is 6.48.